The summed E-state index contributed by atoms with van der Waals surface area (Å²) in [6.07, 6.45) is 9.96. The molecule has 5 nitrogen and oxygen atoms in total. The van der Waals surface area contributed by atoms with Crippen molar-refractivity contribution in [1.29, 1.82) is 0 Å². The second-order valence-corrected chi connectivity index (χ2v) is 8.11. The lowest BCUT2D eigenvalue weighted by Gasteiger charge is -2.28. The summed E-state index contributed by atoms with van der Waals surface area (Å²) in [6.45, 7) is 5.86. The van der Waals surface area contributed by atoms with Crippen molar-refractivity contribution >= 4 is 5.91 Å². The summed E-state index contributed by atoms with van der Waals surface area (Å²) in [6, 6.07) is 0. The molecule has 2 fully saturated rings. The number of carbonyl (C=O) groups is 1. The Bertz CT molecular complexity index is 618. The SMILES string of the molecule is C[C@@H]1Cc2c(C(=O)N3CCCC4(CCCC4)CC3)n[nH]c2[C@H](C)O1. The number of nitrogens with zero attached hydrogens (tertiary/aromatic N) is 2. The molecule has 24 heavy (non-hydrogen) atoms. The van der Waals surface area contributed by atoms with Crippen LogP contribution in [0.25, 0.3) is 0 Å². The lowest BCUT2D eigenvalue weighted by molar-refractivity contribution is -0.00702. The Kier molecular flexibility index (Phi) is 4.15. The molecule has 1 aromatic rings. The van der Waals surface area contributed by atoms with Crippen LogP contribution >= 0.6 is 0 Å². The highest BCUT2D eigenvalue weighted by molar-refractivity contribution is 5.94. The van der Waals surface area contributed by atoms with E-state index < -0.39 is 0 Å². The molecule has 5 heteroatoms. The van der Waals surface area contributed by atoms with Gasteiger partial charge in [-0.2, -0.15) is 5.10 Å². The number of ether oxygens (including phenoxy) is 1. The van der Waals surface area contributed by atoms with Crippen molar-refractivity contribution in [3.63, 3.8) is 0 Å². The normalized spacial score (nSPS) is 29.5. The number of hydrogen-bond acceptors (Lipinski definition) is 3. The van der Waals surface area contributed by atoms with Crippen molar-refractivity contribution in [2.75, 3.05) is 13.1 Å². The largest absolute Gasteiger partial charge is 0.369 e. The second-order valence-electron chi connectivity index (χ2n) is 8.11. The quantitative estimate of drug-likeness (QED) is 0.855. The maximum atomic E-state index is 13.1. The maximum absolute atomic E-state index is 13.1. The molecular weight excluding hydrogens is 302 g/mol. The lowest BCUT2D eigenvalue weighted by atomic mass is 9.79. The van der Waals surface area contributed by atoms with Crippen LogP contribution < -0.4 is 0 Å². The van der Waals surface area contributed by atoms with Crippen molar-refractivity contribution in [1.82, 2.24) is 15.1 Å². The number of carbonyl (C=O) groups excluding carboxylic acids is 1. The van der Waals surface area contributed by atoms with Crippen molar-refractivity contribution in [2.45, 2.75) is 77.4 Å². The molecule has 2 atom stereocenters. The summed E-state index contributed by atoms with van der Waals surface area (Å²) in [4.78, 5) is 15.2. The van der Waals surface area contributed by atoms with Crippen molar-refractivity contribution in [3.05, 3.63) is 17.0 Å². The molecular formula is C19H29N3O2. The van der Waals surface area contributed by atoms with Crippen LogP contribution in [0.15, 0.2) is 0 Å². The van der Waals surface area contributed by atoms with Crippen LogP contribution in [0.3, 0.4) is 0 Å². The van der Waals surface area contributed by atoms with E-state index in [-0.39, 0.29) is 18.1 Å². The van der Waals surface area contributed by atoms with Crippen LogP contribution in [0, 0.1) is 5.41 Å². The van der Waals surface area contributed by atoms with Gasteiger partial charge in [-0.05, 0) is 51.4 Å². The number of aromatic nitrogens is 2. The minimum atomic E-state index is -0.0105. The molecule has 0 radical (unpaired) electrons. The van der Waals surface area contributed by atoms with Crippen LogP contribution in [0.5, 0.6) is 0 Å². The van der Waals surface area contributed by atoms with Crippen molar-refractivity contribution < 1.29 is 9.53 Å². The predicted octanol–water partition coefficient (Wildman–Crippen LogP) is 3.62. The molecule has 1 amide bonds. The minimum Gasteiger partial charge on any atom is -0.369 e. The molecule has 132 valence electrons. The molecule has 1 spiro atoms. The Balaban J connectivity index is 1.52. The molecule has 2 aliphatic heterocycles. The van der Waals surface area contributed by atoms with Crippen LogP contribution in [-0.2, 0) is 11.2 Å². The zero-order valence-electron chi connectivity index (χ0n) is 14.9. The summed E-state index contributed by atoms with van der Waals surface area (Å²) in [5, 5.41) is 7.44. The molecule has 3 heterocycles. The van der Waals surface area contributed by atoms with Crippen LogP contribution in [0.1, 0.15) is 86.6 Å². The molecule has 0 aromatic carbocycles. The third-order valence-corrected chi connectivity index (χ3v) is 6.43. The highest BCUT2D eigenvalue weighted by Crippen LogP contribution is 2.46. The molecule has 0 bridgehead atoms. The number of H-pyrrole nitrogens is 1. The molecule has 1 aliphatic carbocycles. The molecule has 3 aliphatic rings. The number of hydrogen-bond donors (Lipinski definition) is 1. The minimum absolute atomic E-state index is 0.0105. The van der Waals surface area contributed by atoms with Crippen LogP contribution in [0.4, 0.5) is 0 Å². The first-order chi connectivity index (χ1) is 11.6. The van der Waals surface area contributed by atoms with E-state index in [4.69, 9.17) is 4.74 Å². The van der Waals surface area contributed by atoms with Gasteiger partial charge < -0.3 is 9.64 Å². The number of amides is 1. The van der Waals surface area contributed by atoms with Gasteiger partial charge >= 0.3 is 0 Å². The van der Waals surface area contributed by atoms with Crippen molar-refractivity contribution in [3.8, 4) is 0 Å². The highest BCUT2D eigenvalue weighted by atomic mass is 16.5. The standard InChI is InChI=1S/C19H29N3O2/c1-13-12-15-16(14(2)24-13)20-21-17(15)18(23)22-10-5-8-19(9-11-22)6-3-4-7-19/h13-14H,3-12H2,1-2H3,(H,20,21)/t13-,14+/m1/s1. The Morgan fingerprint density at radius 1 is 1.17 bits per heavy atom. The Hall–Kier alpha value is -1.36. The van der Waals surface area contributed by atoms with Gasteiger partial charge in [-0.1, -0.05) is 12.8 Å². The van der Waals surface area contributed by atoms with Gasteiger partial charge in [0.05, 0.1) is 17.9 Å². The van der Waals surface area contributed by atoms with Gasteiger partial charge in [0.2, 0.25) is 0 Å². The monoisotopic (exact) mass is 331 g/mol. The van der Waals surface area contributed by atoms with Gasteiger partial charge in [-0.25, -0.2) is 0 Å². The van der Waals surface area contributed by atoms with E-state index in [0.29, 0.717) is 11.1 Å². The third kappa shape index (κ3) is 2.77. The van der Waals surface area contributed by atoms with E-state index in [1.807, 2.05) is 11.8 Å². The zero-order valence-corrected chi connectivity index (χ0v) is 14.9. The van der Waals surface area contributed by atoms with Gasteiger partial charge in [0.15, 0.2) is 5.69 Å². The number of likely N-dealkylation sites (tertiary alicyclic amines) is 1. The third-order valence-electron chi connectivity index (χ3n) is 6.43. The van der Waals surface area contributed by atoms with Gasteiger partial charge in [0, 0.05) is 25.1 Å². The Labute approximate surface area is 144 Å². The van der Waals surface area contributed by atoms with Gasteiger partial charge in [0.25, 0.3) is 5.91 Å². The van der Waals surface area contributed by atoms with E-state index in [1.54, 1.807) is 0 Å². The fourth-order valence-corrected chi connectivity index (χ4v) is 5.08. The van der Waals surface area contributed by atoms with Crippen molar-refractivity contribution in [2.24, 2.45) is 5.41 Å². The fraction of sp³-hybridized carbons (Fsp3) is 0.789. The predicted molar refractivity (Wildman–Crippen MR) is 91.9 cm³/mol. The first kappa shape index (κ1) is 16.1. The van der Waals surface area contributed by atoms with E-state index in [1.165, 1.54) is 38.5 Å². The molecule has 1 saturated heterocycles. The van der Waals surface area contributed by atoms with E-state index in [9.17, 15) is 4.79 Å². The number of fused-ring (bicyclic) bond motifs is 1. The average Bonchev–Trinajstić information content (AvgIpc) is 3.11. The second kappa shape index (κ2) is 6.17. The van der Waals surface area contributed by atoms with E-state index in [0.717, 1.165) is 37.2 Å². The number of nitrogens with one attached hydrogen (secondary N) is 1. The lowest BCUT2D eigenvalue weighted by Crippen LogP contribution is -2.34. The van der Waals surface area contributed by atoms with E-state index in [2.05, 4.69) is 17.1 Å². The number of rotatable bonds is 1. The summed E-state index contributed by atoms with van der Waals surface area (Å²) in [5.41, 5.74) is 3.22. The first-order valence-corrected chi connectivity index (χ1v) is 9.60. The van der Waals surface area contributed by atoms with E-state index >= 15 is 0 Å². The smallest absolute Gasteiger partial charge is 0.274 e. The Morgan fingerprint density at radius 3 is 2.71 bits per heavy atom. The summed E-state index contributed by atoms with van der Waals surface area (Å²) in [5.74, 6) is 0.115. The topological polar surface area (TPSA) is 58.2 Å². The van der Waals surface area contributed by atoms with Gasteiger partial charge in [-0.3, -0.25) is 9.89 Å². The van der Waals surface area contributed by atoms with Gasteiger partial charge in [0.1, 0.15) is 0 Å². The van der Waals surface area contributed by atoms with Gasteiger partial charge in [-0.15, -0.1) is 0 Å². The zero-order chi connectivity index (χ0) is 16.7. The summed E-state index contributed by atoms with van der Waals surface area (Å²) < 4.78 is 5.84. The highest BCUT2D eigenvalue weighted by Gasteiger charge is 2.37. The first-order valence-electron chi connectivity index (χ1n) is 9.60. The summed E-state index contributed by atoms with van der Waals surface area (Å²) >= 11 is 0. The molecule has 1 aromatic heterocycles. The molecule has 0 unspecified atom stereocenters. The summed E-state index contributed by atoms with van der Waals surface area (Å²) in [7, 11) is 0. The molecule has 1 N–H and O–H groups in total. The number of aromatic amines is 1. The fourth-order valence-electron chi connectivity index (χ4n) is 5.08. The average molecular weight is 331 g/mol. The molecule has 1 saturated carbocycles. The maximum Gasteiger partial charge on any atom is 0.274 e. The molecule has 4 rings (SSSR count). The van der Waals surface area contributed by atoms with Crippen LogP contribution in [-0.4, -0.2) is 40.2 Å². The van der Waals surface area contributed by atoms with Crippen LogP contribution in [0.2, 0.25) is 0 Å². The Morgan fingerprint density at radius 2 is 1.92 bits per heavy atom.